The Bertz CT molecular complexity index is 800. The van der Waals surface area contributed by atoms with Crippen molar-refractivity contribution in [3.63, 3.8) is 0 Å². The summed E-state index contributed by atoms with van der Waals surface area (Å²) in [6, 6.07) is 9.55. The van der Waals surface area contributed by atoms with Crippen LogP contribution < -0.4 is 5.73 Å². The van der Waals surface area contributed by atoms with E-state index in [2.05, 4.69) is 31.5 Å². The van der Waals surface area contributed by atoms with Crippen molar-refractivity contribution in [2.75, 3.05) is 5.73 Å². The molecule has 0 radical (unpaired) electrons. The van der Waals surface area contributed by atoms with E-state index in [1.54, 1.807) is 30.3 Å². The van der Waals surface area contributed by atoms with Crippen molar-refractivity contribution in [2.45, 2.75) is 0 Å². The summed E-state index contributed by atoms with van der Waals surface area (Å²) in [6.07, 6.45) is 0. The first kappa shape index (κ1) is 14.0. The number of rotatable bonds is 2. The van der Waals surface area contributed by atoms with Crippen molar-refractivity contribution >= 4 is 33.2 Å². The standard InChI is InChI=1S/C13H8BrClFN5/c14-7-4-5-9(16)11(6-7)21-13(18-19-20-21)12-8(15)2-1-3-10(12)17/h1-6H,17H2. The van der Waals surface area contributed by atoms with Gasteiger partial charge in [-0.05, 0) is 40.8 Å². The van der Waals surface area contributed by atoms with E-state index in [0.717, 1.165) is 0 Å². The zero-order valence-electron chi connectivity index (χ0n) is 10.5. The zero-order chi connectivity index (χ0) is 15.0. The minimum atomic E-state index is -0.461. The van der Waals surface area contributed by atoms with Gasteiger partial charge in [0, 0.05) is 10.2 Å². The summed E-state index contributed by atoms with van der Waals surface area (Å²) in [5, 5.41) is 11.7. The van der Waals surface area contributed by atoms with Gasteiger partial charge in [0.2, 0.25) is 0 Å². The fourth-order valence-electron chi connectivity index (χ4n) is 1.93. The second-order valence-electron chi connectivity index (χ2n) is 4.21. The molecule has 0 saturated heterocycles. The van der Waals surface area contributed by atoms with E-state index < -0.39 is 5.82 Å². The highest BCUT2D eigenvalue weighted by Crippen LogP contribution is 2.33. The van der Waals surface area contributed by atoms with Gasteiger partial charge in [0.25, 0.3) is 0 Å². The number of tetrazole rings is 1. The van der Waals surface area contributed by atoms with Gasteiger partial charge in [-0.3, -0.25) is 0 Å². The van der Waals surface area contributed by atoms with E-state index >= 15 is 0 Å². The van der Waals surface area contributed by atoms with Gasteiger partial charge in [0.05, 0.1) is 10.6 Å². The van der Waals surface area contributed by atoms with Gasteiger partial charge in [0.1, 0.15) is 11.5 Å². The van der Waals surface area contributed by atoms with Gasteiger partial charge in [-0.15, -0.1) is 5.10 Å². The maximum atomic E-state index is 14.0. The number of nitrogens with zero attached hydrogens (tertiary/aromatic N) is 4. The third kappa shape index (κ3) is 2.50. The van der Waals surface area contributed by atoms with Crippen molar-refractivity contribution in [3.8, 4) is 17.1 Å². The van der Waals surface area contributed by atoms with Gasteiger partial charge >= 0.3 is 0 Å². The fourth-order valence-corrected chi connectivity index (χ4v) is 2.55. The highest BCUT2D eigenvalue weighted by molar-refractivity contribution is 9.10. The van der Waals surface area contributed by atoms with Crippen LogP contribution >= 0.6 is 27.5 Å². The molecule has 1 heterocycles. The molecule has 3 aromatic rings. The molecule has 2 N–H and O–H groups in total. The van der Waals surface area contributed by atoms with Crippen molar-refractivity contribution in [2.24, 2.45) is 0 Å². The second kappa shape index (κ2) is 5.42. The molecule has 0 amide bonds. The Morgan fingerprint density at radius 1 is 1.24 bits per heavy atom. The summed E-state index contributed by atoms with van der Waals surface area (Å²) in [5.41, 5.74) is 7.00. The minimum Gasteiger partial charge on any atom is -0.398 e. The van der Waals surface area contributed by atoms with Gasteiger partial charge in [-0.25, -0.2) is 4.39 Å². The maximum absolute atomic E-state index is 14.0. The van der Waals surface area contributed by atoms with E-state index in [0.29, 0.717) is 20.7 Å². The molecule has 5 nitrogen and oxygen atoms in total. The third-order valence-electron chi connectivity index (χ3n) is 2.88. The summed E-state index contributed by atoms with van der Waals surface area (Å²) < 4.78 is 16.0. The predicted molar refractivity (Wildman–Crippen MR) is 81.7 cm³/mol. The predicted octanol–water partition coefficient (Wildman–Crippen LogP) is 3.47. The molecular weight excluding hydrogens is 361 g/mol. The van der Waals surface area contributed by atoms with Crippen LogP contribution in [-0.2, 0) is 0 Å². The summed E-state index contributed by atoms with van der Waals surface area (Å²) in [7, 11) is 0. The molecule has 8 heteroatoms. The molecule has 0 aliphatic heterocycles. The van der Waals surface area contributed by atoms with Crippen molar-refractivity contribution < 1.29 is 4.39 Å². The normalized spacial score (nSPS) is 10.8. The first-order chi connectivity index (χ1) is 10.1. The van der Waals surface area contributed by atoms with Crippen molar-refractivity contribution in [1.29, 1.82) is 0 Å². The van der Waals surface area contributed by atoms with Crippen molar-refractivity contribution in [1.82, 2.24) is 20.2 Å². The average Bonchev–Trinajstić information content (AvgIpc) is 2.90. The zero-order valence-corrected chi connectivity index (χ0v) is 12.8. The molecule has 0 bridgehead atoms. The van der Waals surface area contributed by atoms with Crippen LogP contribution in [-0.4, -0.2) is 20.2 Å². The number of nitrogens with two attached hydrogens (primary N) is 1. The highest BCUT2D eigenvalue weighted by atomic mass is 79.9. The number of anilines is 1. The van der Waals surface area contributed by atoms with Crippen LogP contribution in [0.3, 0.4) is 0 Å². The van der Waals surface area contributed by atoms with Crippen LogP contribution in [0, 0.1) is 5.82 Å². The van der Waals surface area contributed by atoms with Crippen molar-refractivity contribution in [3.05, 3.63) is 51.7 Å². The Morgan fingerprint density at radius 3 is 2.81 bits per heavy atom. The first-order valence-corrected chi connectivity index (χ1v) is 7.03. The lowest BCUT2D eigenvalue weighted by Gasteiger charge is -2.09. The molecule has 0 saturated carbocycles. The molecule has 0 spiro atoms. The topological polar surface area (TPSA) is 69.6 Å². The van der Waals surface area contributed by atoms with E-state index in [1.165, 1.54) is 10.7 Å². The van der Waals surface area contributed by atoms with E-state index in [-0.39, 0.29) is 11.5 Å². The Morgan fingerprint density at radius 2 is 2.05 bits per heavy atom. The van der Waals surface area contributed by atoms with Crippen LogP contribution in [0.4, 0.5) is 10.1 Å². The summed E-state index contributed by atoms with van der Waals surface area (Å²) in [4.78, 5) is 0. The minimum absolute atomic E-state index is 0.198. The molecule has 0 fully saturated rings. The molecule has 21 heavy (non-hydrogen) atoms. The van der Waals surface area contributed by atoms with Gasteiger partial charge in [0.15, 0.2) is 5.82 Å². The van der Waals surface area contributed by atoms with Crippen LogP contribution in [0.15, 0.2) is 40.9 Å². The Hall–Kier alpha value is -1.99. The largest absolute Gasteiger partial charge is 0.398 e. The lowest BCUT2D eigenvalue weighted by atomic mass is 10.1. The molecule has 0 aliphatic carbocycles. The molecule has 3 rings (SSSR count). The number of benzene rings is 2. The number of nitrogen functional groups attached to an aromatic ring is 1. The molecule has 0 atom stereocenters. The third-order valence-corrected chi connectivity index (χ3v) is 3.68. The highest BCUT2D eigenvalue weighted by Gasteiger charge is 2.18. The first-order valence-electron chi connectivity index (χ1n) is 5.86. The number of hydrogen-bond acceptors (Lipinski definition) is 4. The fraction of sp³-hybridized carbons (Fsp3) is 0. The number of halogens is 3. The van der Waals surface area contributed by atoms with E-state index in [9.17, 15) is 4.39 Å². The maximum Gasteiger partial charge on any atom is 0.190 e. The monoisotopic (exact) mass is 367 g/mol. The van der Waals surface area contributed by atoms with Gasteiger partial charge in [-0.1, -0.05) is 33.6 Å². The molecule has 1 aromatic heterocycles. The summed E-state index contributed by atoms with van der Waals surface area (Å²) in [5.74, 6) is -0.188. The molecule has 0 aliphatic rings. The molecule has 2 aromatic carbocycles. The van der Waals surface area contributed by atoms with Crippen LogP contribution in [0.25, 0.3) is 17.1 Å². The lowest BCUT2D eigenvalue weighted by Crippen LogP contribution is -2.04. The lowest BCUT2D eigenvalue weighted by molar-refractivity contribution is 0.607. The quantitative estimate of drug-likeness (QED) is 0.703. The average molecular weight is 369 g/mol. The smallest absolute Gasteiger partial charge is 0.190 e. The number of aromatic nitrogens is 4. The van der Waals surface area contributed by atoms with Gasteiger partial charge in [-0.2, -0.15) is 4.68 Å². The molecule has 0 unspecified atom stereocenters. The van der Waals surface area contributed by atoms with Gasteiger partial charge < -0.3 is 5.73 Å². The molecule has 106 valence electrons. The molecular formula is C13H8BrClFN5. The summed E-state index contributed by atoms with van der Waals surface area (Å²) in [6.45, 7) is 0. The Labute approximate surface area is 132 Å². The Kier molecular flexibility index (Phi) is 3.60. The van der Waals surface area contributed by atoms with Crippen LogP contribution in [0.5, 0.6) is 0 Å². The Balaban J connectivity index is 2.25. The summed E-state index contributed by atoms with van der Waals surface area (Å²) >= 11 is 9.45. The van der Waals surface area contributed by atoms with E-state index in [1.807, 2.05) is 0 Å². The van der Waals surface area contributed by atoms with Crippen LogP contribution in [0.1, 0.15) is 0 Å². The number of hydrogen-bond donors (Lipinski definition) is 1. The van der Waals surface area contributed by atoms with E-state index in [4.69, 9.17) is 17.3 Å². The SMILES string of the molecule is Nc1cccc(Cl)c1-c1nnnn1-c1cc(Br)ccc1F. The van der Waals surface area contributed by atoms with Crippen LogP contribution in [0.2, 0.25) is 5.02 Å². The second-order valence-corrected chi connectivity index (χ2v) is 5.54.